The van der Waals surface area contributed by atoms with Crippen molar-refractivity contribution in [3.05, 3.63) is 24.6 Å². The topological polar surface area (TPSA) is 136 Å². The molecular weight excluding hydrogens is 412 g/mol. The van der Waals surface area contributed by atoms with Crippen LogP contribution < -0.4 is 10.9 Å². The predicted molar refractivity (Wildman–Crippen MR) is 105 cm³/mol. The van der Waals surface area contributed by atoms with Crippen molar-refractivity contribution in [2.45, 2.75) is 38.8 Å². The number of hydrogen-bond donors (Lipinski definition) is 2. The molecule has 0 fully saturated rings. The largest absolute Gasteiger partial charge is 0.464 e. The van der Waals surface area contributed by atoms with Gasteiger partial charge < -0.3 is 18.9 Å². The third-order valence-electron chi connectivity index (χ3n) is 4.34. The lowest BCUT2D eigenvalue weighted by atomic mass is 10.0. The van der Waals surface area contributed by atoms with E-state index in [-0.39, 0.29) is 33.1 Å². The smallest absolute Gasteiger partial charge is 0.343 e. The first-order chi connectivity index (χ1) is 14.8. The average molecular weight is 440 g/mol. The van der Waals surface area contributed by atoms with E-state index in [1.54, 1.807) is 27.7 Å². The van der Waals surface area contributed by atoms with Gasteiger partial charge in [-0.2, -0.15) is 0 Å². The van der Waals surface area contributed by atoms with Gasteiger partial charge in [0.1, 0.15) is 6.67 Å². The van der Waals surface area contributed by atoms with Crippen LogP contribution in [0.2, 0.25) is 0 Å². The van der Waals surface area contributed by atoms with Gasteiger partial charge >= 0.3 is 23.9 Å². The highest BCUT2D eigenvalue weighted by molar-refractivity contribution is 6.08. The molecule has 12 heteroatoms. The maximum absolute atomic E-state index is 12.5. The zero-order chi connectivity index (χ0) is 23.1. The van der Waals surface area contributed by atoms with Crippen molar-refractivity contribution in [3.8, 4) is 0 Å². The molecule has 2 rings (SSSR count). The second-order valence-electron chi connectivity index (χ2n) is 6.43. The SMILES string of the molecule is CCOC(=O)C1(C(=O)OCC)C=CN(CN2C=CC(C(=O)OCC)(C(=O)OCC)N2)N1. The van der Waals surface area contributed by atoms with Gasteiger partial charge in [0.15, 0.2) is 0 Å². The molecule has 0 atom stereocenters. The number of hydrazine groups is 2. The highest BCUT2D eigenvalue weighted by Crippen LogP contribution is 2.23. The van der Waals surface area contributed by atoms with Crippen molar-refractivity contribution in [1.82, 2.24) is 20.9 Å². The van der Waals surface area contributed by atoms with Crippen LogP contribution >= 0.6 is 0 Å². The zero-order valence-electron chi connectivity index (χ0n) is 18.0. The number of ether oxygens (including phenoxy) is 4. The van der Waals surface area contributed by atoms with Crippen molar-refractivity contribution in [2.24, 2.45) is 0 Å². The third kappa shape index (κ3) is 4.80. The Hall–Kier alpha value is -3.12. The first-order valence-corrected chi connectivity index (χ1v) is 9.96. The Balaban J connectivity index is 2.14. The lowest BCUT2D eigenvalue weighted by Gasteiger charge is -2.31. The summed E-state index contributed by atoms with van der Waals surface area (Å²) in [6, 6.07) is 0. The van der Waals surface area contributed by atoms with Gasteiger partial charge in [0.2, 0.25) is 0 Å². The highest BCUT2D eigenvalue weighted by Gasteiger charge is 2.53. The third-order valence-corrected chi connectivity index (χ3v) is 4.34. The van der Waals surface area contributed by atoms with Crippen molar-refractivity contribution < 1.29 is 38.1 Å². The normalized spacial score (nSPS) is 18.1. The number of carbonyl (C=O) groups is 4. The van der Waals surface area contributed by atoms with Crippen LogP contribution in [0.15, 0.2) is 24.6 Å². The lowest BCUT2D eigenvalue weighted by molar-refractivity contribution is -0.165. The Morgan fingerprint density at radius 1 is 0.645 bits per heavy atom. The molecule has 12 nitrogen and oxygen atoms in total. The molecule has 0 saturated carbocycles. The quantitative estimate of drug-likeness (QED) is 0.254. The van der Waals surface area contributed by atoms with Gasteiger partial charge in [-0.3, -0.25) is 10.0 Å². The molecule has 2 heterocycles. The fourth-order valence-corrected chi connectivity index (χ4v) is 2.94. The second kappa shape index (κ2) is 10.3. The van der Waals surface area contributed by atoms with E-state index >= 15 is 0 Å². The van der Waals surface area contributed by atoms with E-state index in [2.05, 4.69) is 10.9 Å². The maximum Gasteiger partial charge on any atom is 0.343 e. The van der Waals surface area contributed by atoms with Crippen molar-refractivity contribution in [1.29, 1.82) is 0 Å². The van der Waals surface area contributed by atoms with Crippen LogP contribution in [0.25, 0.3) is 0 Å². The zero-order valence-corrected chi connectivity index (χ0v) is 18.0. The number of rotatable bonds is 10. The Morgan fingerprint density at radius 2 is 0.935 bits per heavy atom. The highest BCUT2D eigenvalue weighted by atomic mass is 16.6. The Kier molecular flexibility index (Phi) is 8.00. The molecule has 31 heavy (non-hydrogen) atoms. The summed E-state index contributed by atoms with van der Waals surface area (Å²) in [5, 5.41) is 2.80. The summed E-state index contributed by atoms with van der Waals surface area (Å²) >= 11 is 0. The van der Waals surface area contributed by atoms with Crippen molar-refractivity contribution >= 4 is 23.9 Å². The summed E-state index contributed by atoms with van der Waals surface area (Å²) in [4.78, 5) is 49.9. The summed E-state index contributed by atoms with van der Waals surface area (Å²) in [5.74, 6) is -3.26. The van der Waals surface area contributed by atoms with Crippen LogP contribution in [0, 0.1) is 0 Å². The van der Waals surface area contributed by atoms with Crippen molar-refractivity contribution in [3.63, 3.8) is 0 Å². The van der Waals surface area contributed by atoms with E-state index in [0.717, 1.165) is 0 Å². The lowest BCUT2D eigenvalue weighted by Crippen LogP contribution is -2.62. The van der Waals surface area contributed by atoms with E-state index in [4.69, 9.17) is 18.9 Å². The molecule has 0 unspecified atom stereocenters. The molecule has 172 valence electrons. The van der Waals surface area contributed by atoms with Crippen LogP contribution in [0.4, 0.5) is 0 Å². The number of hydrogen-bond acceptors (Lipinski definition) is 12. The molecule has 2 aliphatic rings. The standard InChI is InChI=1S/C19H28N4O8/c1-5-28-14(24)18(15(25)29-6-2)9-11-22(20-18)13-23-12-10-19(21-23,16(26)30-7-3)17(27)31-8-4/h9-12,20-21H,5-8,13H2,1-4H3. The monoisotopic (exact) mass is 440 g/mol. The Labute approximate surface area is 180 Å². The Bertz CT molecular complexity index is 668. The molecule has 2 N–H and O–H groups in total. The van der Waals surface area contributed by atoms with Gasteiger partial charge in [0.05, 0.1) is 26.4 Å². The van der Waals surface area contributed by atoms with Crippen LogP contribution in [0.5, 0.6) is 0 Å². The van der Waals surface area contributed by atoms with Gasteiger partial charge in [-0.15, -0.1) is 0 Å². The Morgan fingerprint density at radius 3 is 1.19 bits per heavy atom. The second-order valence-corrected chi connectivity index (χ2v) is 6.43. The van der Waals surface area contributed by atoms with E-state index in [9.17, 15) is 19.2 Å². The van der Waals surface area contributed by atoms with E-state index in [0.29, 0.717) is 0 Å². The molecule has 0 aromatic carbocycles. The van der Waals surface area contributed by atoms with Crippen LogP contribution in [-0.2, 0) is 38.1 Å². The first kappa shape index (κ1) is 24.2. The minimum Gasteiger partial charge on any atom is -0.464 e. The fraction of sp³-hybridized carbons (Fsp3) is 0.579. The van der Waals surface area contributed by atoms with E-state index in [1.807, 2.05) is 0 Å². The first-order valence-electron chi connectivity index (χ1n) is 9.96. The van der Waals surface area contributed by atoms with E-state index < -0.39 is 35.0 Å². The van der Waals surface area contributed by atoms with Crippen LogP contribution in [-0.4, -0.2) is 78.1 Å². The minimum absolute atomic E-state index is 0.00583. The fourth-order valence-electron chi connectivity index (χ4n) is 2.94. The van der Waals surface area contributed by atoms with Crippen molar-refractivity contribution in [2.75, 3.05) is 33.1 Å². The molecule has 0 amide bonds. The molecule has 0 spiro atoms. The summed E-state index contributed by atoms with van der Waals surface area (Å²) in [6.45, 7) is 6.79. The molecule has 0 bridgehead atoms. The molecule has 0 aliphatic carbocycles. The maximum atomic E-state index is 12.5. The molecule has 0 radical (unpaired) electrons. The van der Waals surface area contributed by atoms with Crippen LogP contribution in [0.3, 0.4) is 0 Å². The summed E-state index contributed by atoms with van der Waals surface area (Å²) in [7, 11) is 0. The summed E-state index contributed by atoms with van der Waals surface area (Å²) in [6.07, 6.45) is 5.57. The van der Waals surface area contributed by atoms with Gasteiger partial charge in [0, 0.05) is 12.4 Å². The molecular formula is C19H28N4O8. The predicted octanol–water partition coefficient (Wildman–Crippen LogP) is -0.658. The number of carbonyl (C=O) groups excluding carboxylic acids is 4. The number of esters is 4. The number of nitrogens with one attached hydrogen (secondary N) is 2. The molecule has 0 aromatic heterocycles. The van der Waals surface area contributed by atoms with Gasteiger partial charge in [-0.1, -0.05) is 0 Å². The molecule has 0 saturated heterocycles. The number of nitrogens with zero attached hydrogens (tertiary/aromatic N) is 2. The average Bonchev–Trinajstić information content (AvgIpc) is 3.35. The van der Waals surface area contributed by atoms with Gasteiger partial charge in [-0.05, 0) is 39.8 Å². The minimum atomic E-state index is -1.84. The summed E-state index contributed by atoms with van der Waals surface area (Å²) in [5.41, 5.74) is 1.85. The van der Waals surface area contributed by atoms with Gasteiger partial charge in [0.25, 0.3) is 11.1 Å². The van der Waals surface area contributed by atoms with Gasteiger partial charge in [-0.25, -0.2) is 30.0 Å². The van der Waals surface area contributed by atoms with Crippen LogP contribution in [0.1, 0.15) is 27.7 Å². The van der Waals surface area contributed by atoms with E-state index in [1.165, 1.54) is 34.6 Å². The summed E-state index contributed by atoms with van der Waals surface area (Å²) < 4.78 is 20.1. The molecule has 2 aliphatic heterocycles. The molecule has 0 aromatic rings.